The van der Waals surface area contributed by atoms with Gasteiger partial charge in [-0.15, -0.1) is 0 Å². The maximum atomic E-state index is 10.4. The lowest BCUT2D eigenvalue weighted by Gasteiger charge is -2.31. The molecule has 1 aliphatic carbocycles. The summed E-state index contributed by atoms with van der Waals surface area (Å²) in [6, 6.07) is 3.49. The van der Waals surface area contributed by atoms with E-state index in [1.54, 1.807) is 12.1 Å². The van der Waals surface area contributed by atoms with E-state index in [1.807, 2.05) is 13.0 Å². The molecule has 0 saturated carbocycles. The molecule has 0 aromatic heterocycles. The molecule has 0 aliphatic heterocycles. The van der Waals surface area contributed by atoms with Crippen molar-refractivity contribution in [3.8, 4) is 11.5 Å². The molecule has 2 atom stereocenters. The zero-order valence-corrected chi connectivity index (χ0v) is 13.5. The maximum Gasteiger partial charge on any atom is 0.123 e. The van der Waals surface area contributed by atoms with Crippen LogP contribution in [0.1, 0.15) is 50.2 Å². The smallest absolute Gasteiger partial charge is 0.123 e. The number of rotatable bonds is 5. The molecule has 0 unspecified atom stereocenters. The minimum Gasteiger partial charge on any atom is -0.507 e. The van der Waals surface area contributed by atoms with E-state index in [9.17, 15) is 15.3 Å². The third kappa shape index (κ3) is 3.36. The molecule has 3 heteroatoms. The van der Waals surface area contributed by atoms with Crippen LogP contribution in [0.4, 0.5) is 0 Å². The van der Waals surface area contributed by atoms with Crippen LogP contribution in [0.25, 0.3) is 0 Å². The fourth-order valence-corrected chi connectivity index (χ4v) is 3.40. The quantitative estimate of drug-likeness (QED) is 0.719. The Hall–Kier alpha value is -1.74. The van der Waals surface area contributed by atoms with Crippen LogP contribution in [-0.2, 0) is 6.42 Å². The van der Waals surface area contributed by atoms with Crippen molar-refractivity contribution in [1.29, 1.82) is 0 Å². The number of hydrogen-bond acceptors (Lipinski definition) is 3. The minimum absolute atomic E-state index is 0.0227. The molecule has 0 heterocycles. The summed E-state index contributed by atoms with van der Waals surface area (Å²) in [5.41, 5.74) is 3.49. The Bertz CT molecular complexity index is 563. The zero-order valence-electron chi connectivity index (χ0n) is 13.5. The molecule has 0 fully saturated rings. The fraction of sp³-hybridized carbons (Fsp3) is 0.474. The van der Waals surface area contributed by atoms with Crippen LogP contribution in [-0.4, -0.2) is 21.9 Å². The van der Waals surface area contributed by atoms with Gasteiger partial charge < -0.3 is 15.3 Å². The molecule has 1 aromatic carbocycles. The number of aryl methyl sites for hydroxylation is 1. The number of allylic oxidation sites excluding steroid dienone is 2. The largest absolute Gasteiger partial charge is 0.507 e. The van der Waals surface area contributed by atoms with E-state index in [-0.39, 0.29) is 29.9 Å². The highest BCUT2D eigenvalue weighted by Crippen LogP contribution is 2.46. The molecule has 22 heavy (non-hydrogen) atoms. The maximum absolute atomic E-state index is 10.4. The lowest BCUT2D eigenvalue weighted by molar-refractivity contribution is 0.314. The van der Waals surface area contributed by atoms with Gasteiger partial charge in [-0.2, -0.15) is 0 Å². The van der Waals surface area contributed by atoms with Gasteiger partial charge in [0.1, 0.15) is 11.5 Å². The predicted octanol–water partition coefficient (Wildman–Crippen LogP) is 4.04. The van der Waals surface area contributed by atoms with Crippen molar-refractivity contribution in [3.63, 3.8) is 0 Å². The first kappa shape index (κ1) is 16.6. The van der Waals surface area contributed by atoms with Crippen molar-refractivity contribution >= 4 is 0 Å². The highest BCUT2D eigenvalue weighted by Gasteiger charge is 2.30. The van der Waals surface area contributed by atoms with E-state index in [2.05, 4.69) is 13.5 Å². The molecule has 2 rings (SSSR count). The van der Waals surface area contributed by atoms with Crippen LogP contribution >= 0.6 is 0 Å². The molecule has 3 nitrogen and oxygen atoms in total. The number of phenols is 2. The van der Waals surface area contributed by atoms with Gasteiger partial charge in [-0.25, -0.2) is 0 Å². The van der Waals surface area contributed by atoms with Gasteiger partial charge in [0, 0.05) is 11.5 Å². The molecule has 120 valence electrons. The molecule has 0 spiro atoms. The predicted molar refractivity (Wildman–Crippen MR) is 89.2 cm³/mol. The SMILES string of the molecule is C=C(C)[C@H]1CCC(CO)=C[C@@H]1c1c(O)cc(CCC)cc1O. The Morgan fingerprint density at radius 2 is 1.91 bits per heavy atom. The summed E-state index contributed by atoms with van der Waals surface area (Å²) in [6.45, 7) is 8.13. The van der Waals surface area contributed by atoms with Gasteiger partial charge in [0.05, 0.1) is 6.61 Å². The van der Waals surface area contributed by atoms with Crippen LogP contribution in [0, 0.1) is 5.92 Å². The summed E-state index contributed by atoms with van der Waals surface area (Å²) in [7, 11) is 0. The Morgan fingerprint density at radius 3 is 2.41 bits per heavy atom. The number of aliphatic hydroxyl groups is 1. The Labute approximate surface area is 132 Å². The molecular formula is C19H26O3. The highest BCUT2D eigenvalue weighted by atomic mass is 16.3. The number of aliphatic hydroxyl groups excluding tert-OH is 1. The Morgan fingerprint density at radius 1 is 1.27 bits per heavy atom. The summed E-state index contributed by atoms with van der Waals surface area (Å²) < 4.78 is 0. The molecule has 1 aliphatic rings. The van der Waals surface area contributed by atoms with E-state index in [4.69, 9.17) is 0 Å². The second-order valence-electron chi connectivity index (χ2n) is 6.30. The summed E-state index contributed by atoms with van der Waals surface area (Å²) in [5, 5.41) is 30.3. The topological polar surface area (TPSA) is 60.7 Å². The summed E-state index contributed by atoms with van der Waals surface area (Å²) >= 11 is 0. The second kappa shape index (κ2) is 7.01. The van der Waals surface area contributed by atoms with Crippen LogP contribution in [0.3, 0.4) is 0 Å². The summed E-state index contributed by atoms with van der Waals surface area (Å²) in [6.07, 6.45) is 5.48. The highest BCUT2D eigenvalue weighted by molar-refractivity contribution is 5.51. The van der Waals surface area contributed by atoms with Crippen LogP contribution in [0.15, 0.2) is 35.9 Å². The lowest BCUT2D eigenvalue weighted by Crippen LogP contribution is -2.18. The van der Waals surface area contributed by atoms with E-state index < -0.39 is 0 Å². The molecule has 3 N–H and O–H groups in total. The first-order valence-corrected chi connectivity index (χ1v) is 7.98. The fourth-order valence-electron chi connectivity index (χ4n) is 3.40. The molecular weight excluding hydrogens is 276 g/mol. The van der Waals surface area contributed by atoms with Crippen LogP contribution < -0.4 is 0 Å². The van der Waals surface area contributed by atoms with Crippen molar-refractivity contribution < 1.29 is 15.3 Å². The third-order valence-electron chi connectivity index (χ3n) is 4.53. The average molecular weight is 302 g/mol. The van der Waals surface area contributed by atoms with Gasteiger partial charge in [0.15, 0.2) is 0 Å². The van der Waals surface area contributed by atoms with E-state index >= 15 is 0 Å². The molecule has 0 saturated heterocycles. The Kier molecular flexibility index (Phi) is 5.30. The van der Waals surface area contributed by atoms with Gasteiger partial charge in [-0.05, 0) is 55.4 Å². The molecule has 0 radical (unpaired) electrons. The summed E-state index contributed by atoms with van der Waals surface area (Å²) in [4.78, 5) is 0. The normalized spacial score (nSPS) is 21.5. The standard InChI is InChI=1S/C19H26O3/c1-4-5-13-9-17(21)19(18(22)10-13)16-8-14(11-20)6-7-15(16)12(2)3/h8-10,15-16,20-22H,2,4-7,11H2,1,3H3/t15-,16+/m1/s1. The van der Waals surface area contributed by atoms with E-state index in [0.29, 0.717) is 5.56 Å². The number of aromatic hydroxyl groups is 2. The van der Waals surface area contributed by atoms with Crippen molar-refractivity contribution in [2.45, 2.75) is 45.4 Å². The van der Waals surface area contributed by atoms with Crippen molar-refractivity contribution in [2.75, 3.05) is 6.61 Å². The minimum atomic E-state index is -0.135. The van der Waals surface area contributed by atoms with Crippen molar-refractivity contribution in [3.05, 3.63) is 47.1 Å². The Balaban J connectivity index is 2.48. The van der Waals surface area contributed by atoms with Crippen molar-refractivity contribution in [2.24, 2.45) is 5.92 Å². The second-order valence-corrected chi connectivity index (χ2v) is 6.30. The van der Waals surface area contributed by atoms with Gasteiger partial charge in [-0.1, -0.05) is 31.6 Å². The number of phenolic OH excluding ortho intramolecular Hbond substituents is 2. The monoisotopic (exact) mass is 302 g/mol. The first-order valence-electron chi connectivity index (χ1n) is 7.98. The molecule has 0 amide bonds. The van der Waals surface area contributed by atoms with E-state index in [0.717, 1.165) is 42.4 Å². The van der Waals surface area contributed by atoms with Gasteiger partial charge >= 0.3 is 0 Å². The zero-order chi connectivity index (χ0) is 16.3. The van der Waals surface area contributed by atoms with Gasteiger partial charge in [-0.3, -0.25) is 0 Å². The summed E-state index contributed by atoms with van der Waals surface area (Å²) in [5.74, 6) is 0.304. The van der Waals surface area contributed by atoms with E-state index in [1.165, 1.54) is 0 Å². The first-order chi connectivity index (χ1) is 10.5. The van der Waals surface area contributed by atoms with Gasteiger partial charge in [0.2, 0.25) is 0 Å². The molecule has 1 aromatic rings. The van der Waals surface area contributed by atoms with Crippen LogP contribution in [0.5, 0.6) is 11.5 Å². The van der Waals surface area contributed by atoms with Gasteiger partial charge in [0.25, 0.3) is 0 Å². The lowest BCUT2D eigenvalue weighted by atomic mass is 9.73. The van der Waals surface area contributed by atoms with Crippen LogP contribution in [0.2, 0.25) is 0 Å². The number of hydrogen-bond donors (Lipinski definition) is 3. The average Bonchev–Trinajstić information content (AvgIpc) is 2.46. The number of benzene rings is 1. The molecule has 0 bridgehead atoms. The third-order valence-corrected chi connectivity index (χ3v) is 4.53. The van der Waals surface area contributed by atoms with Crippen molar-refractivity contribution in [1.82, 2.24) is 0 Å².